The molecule has 1 fully saturated rings. The highest BCUT2D eigenvalue weighted by molar-refractivity contribution is 6.32. The number of likely N-dealkylation sites (tertiary alicyclic amines) is 1. The van der Waals surface area contributed by atoms with Gasteiger partial charge in [-0.3, -0.25) is 9.67 Å². The monoisotopic (exact) mass is 375 g/mol. The predicted octanol–water partition coefficient (Wildman–Crippen LogP) is 2.91. The molecule has 0 aliphatic carbocycles. The largest absolute Gasteiger partial charge is 0.487 e. The predicted molar refractivity (Wildman–Crippen MR) is 105 cm³/mol. The molecule has 1 aromatic carbocycles. The van der Waals surface area contributed by atoms with E-state index in [9.17, 15) is 0 Å². The molecular weight excluding hydrogens is 350 g/mol. The summed E-state index contributed by atoms with van der Waals surface area (Å²) in [5.74, 6) is 2.11. The summed E-state index contributed by atoms with van der Waals surface area (Å²) in [6.45, 7) is 4.61. The molecule has 1 saturated heterocycles. The van der Waals surface area contributed by atoms with Gasteiger partial charge in [-0.2, -0.15) is 5.10 Å². The molecule has 0 spiro atoms. The lowest BCUT2D eigenvalue weighted by molar-refractivity contribution is 0.222. The van der Waals surface area contributed by atoms with Gasteiger partial charge >= 0.3 is 0 Å². The molecule has 1 aromatic heterocycles. The molecule has 6 nitrogen and oxygen atoms in total. The third-order valence-corrected chi connectivity index (χ3v) is 4.92. The Bertz CT molecular complexity index is 760. The summed E-state index contributed by atoms with van der Waals surface area (Å²) in [4.78, 5) is 6.72. The first-order chi connectivity index (χ1) is 12.6. The van der Waals surface area contributed by atoms with Gasteiger partial charge in [0.05, 0.1) is 17.8 Å². The van der Waals surface area contributed by atoms with E-state index in [-0.39, 0.29) is 6.10 Å². The van der Waals surface area contributed by atoms with Crippen molar-refractivity contribution in [2.45, 2.75) is 25.4 Å². The third-order valence-electron chi connectivity index (χ3n) is 4.61. The van der Waals surface area contributed by atoms with Crippen LogP contribution in [-0.2, 0) is 7.05 Å². The van der Waals surface area contributed by atoms with Gasteiger partial charge in [0.15, 0.2) is 5.96 Å². The molecule has 0 radical (unpaired) electrons. The number of nitrogens with one attached hydrogen (secondary N) is 1. The Morgan fingerprint density at radius 1 is 1.46 bits per heavy atom. The van der Waals surface area contributed by atoms with E-state index in [0.29, 0.717) is 23.2 Å². The first kappa shape index (κ1) is 18.6. The number of ether oxygens (including phenoxy) is 1. The van der Waals surface area contributed by atoms with Crippen LogP contribution in [0.25, 0.3) is 0 Å². The van der Waals surface area contributed by atoms with Crippen molar-refractivity contribution in [1.82, 2.24) is 20.0 Å². The molecule has 1 aliphatic heterocycles. The minimum Gasteiger partial charge on any atom is -0.487 e. The van der Waals surface area contributed by atoms with Crippen molar-refractivity contribution in [3.8, 4) is 5.75 Å². The minimum absolute atomic E-state index is 0.0247. The molecule has 2 unspecified atom stereocenters. The topological polar surface area (TPSA) is 54.7 Å². The van der Waals surface area contributed by atoms with E-state index >= 15 is 0 Å². The number of halogens is 1. The highest BCUT2D eigenvalue weighted by Gasteiger charge is 2.27. The maximum Gasteiger partial charge on any atom is 0.193 e. The summed E-state index contributed by atoms with van der Waals surface area (Å²) >= 11 is 6.15. The molecule has 1 aliphatic rings. The van der Waals surface area contributed by atoms with Crippen LogP contribution in [0.5, 0.6) is 5.75 Å². The number of rotatable bonds is 5. The van der Waals surface area contributed by atoms with Crippen molar-refractivity contribution >= 4 is 17.6 Å². The fourth-order valence-corrected chi connectivity index (χ4v) is 3.42. The molecule has 2 aromatic rings. The van der Waals surface area contributed by atoms with Crippen LogP contribution in [0, 0.1) is 0 Å². The lowest BCUT2D eigenvalue weighted by Gasteiger charge is -2.23. The minimum atomic E-state index is -0.0247. The zero-order valence-electron chi connectivity index (χ0n) is 15.5. The number of aliphatic imine (C=N–C) groups is 1. The van der Waals surface area contributed by atoms with E-state index in [4.69, 9.17) is 16.3 Å². The Kier molecular flexibility index (Phi) is 6.04. The van der Waals surface area contributed by atoms with Gasteiger partial charge in [0.25, 0.3) is 0 Å². The molecule has 1 N–H and O–H groups in total. The van der Waals surface area contributed by atoms with Gasteiger partial charge in [-0.05, 0) is 31.0 Å². The number of guanidine groups is 1. The van der Waals surface area contributed by atoms with Crippen LogP contribution in [-0.4, -0.2) is 53.4 Å². The Balaban J connectivity index is 1.51. The molecule has 0 saturated carbocycles. The fourth-order valence-electron chi connectivity index (χ4n) is 3.24. The summed E-state index contributed by atoms with van der Waals surface area (Å²) in [5.41, 5.74) is 1.29. The van der Waals surface area contributed by atoms with Gasteiger partial charge in [0, 0.05) is 39.3 Å². The highest BCUT2D eigenvalue weighted by Crippen LogP contribution is 2.27. The van der Waals surface area contributed by atoms with E-state index in [1.807, 2.05) is 56.2 Å². The lowest BCUT2D eigenvalue weighted by atomic mass is 10.0. The average molecular weight is 376 g/mol. The van der Waals surface area contributed by atoms with Crippen molar-refractivity contribution in [2.75, 3.05) is 26.7 Å². The molecule has 0 bridgehead atoms. The van der Waals surface area contributed by atoms with Gasteiger partial charge in [0.1, 0.15) is 11.9 Å². The number of aromatic nitrogens is 2. The van der Waals surface area contributed by atoms with E-state index in [1.165, 1.54) is 5.56 Å². The second-order valence-corrected chi connectivity index (χ2v) is 7.07. The molecule has 2 atom stereocenters. The van der Waals surface area contributed by atoms with Crippen molar-refractivity contribution in [2.24, 2.45) is 12.0 Å². The summed E-state index contributed by atoms with van der Waals surface area (Å²) in [7, 11) is 3.77. The molecule has 0 amide bonds. The number of hydrogen-bond acceptors (Lipinski definition) is 3. The zero-order chi connectivity index (χ0) is 18.5. The fraction of sp³-hybridized carbons (Fsp3) is 0.474. The first-order valence-corrected chi connectivity index (χ1v) is 9.30. The van der Waals surface area contributed by atoms with Gasteiger partial charge in [-0.15, -0.1) is 0 Å². The molecule has 26 heavy (non-hydrogen) atoms. The van der Waals surface area contributed by atoms with Crippen LogP contribution in [0.4, 0.5) is 0 Å². The second kappa shape index (κ2) is 8.45. The van der Waals surface area contributed by atoms with Crippen LogP contribution in [0.2, 0.25) is 5.02 Å². The molecule has 2 heterocycles. The van der Waals surface area contributed by atoms with E-state index < -0.39 is 0 Å². The van der Waals surface area contributed by atoms with Gasteiger partial charge < -0.3 is 15.0 Å². The van der Waals surface area contributed by atoms with Crippen LogP contribution in [0.15, 0.2) is 41.7 Å². The number of hydrogen-bond donors (Lipinski definition) is 1. The number of aryl methyl sites for hydroxylation is 1. The van der Waals surface area contributed by atoms with E-state index in [2.05, 4.69) is 26.5 Å². The summed E-state index contributed by atoms with van der Waals surface area (Å²) in [5, 5.41) is 8.33. The number of para-hydroxylation sites is 1. The van der Waals surface area contributed by atoms with Crippen molar-refractivity contribution in [3.63, 3.8) is 0 Å². The van der Waals surface area contributed by atoms with Crippen LogP contribution in [0.3, 0.4) is 0 Å². The molecule has 3 rings (SSSR count). The zero-order valence-corrected chi connectivity index (χ0v) is 16.3. The van der Waals surface area contributed by atoms with Crippen molar-refractivity contribution in [3.05, 3.63) is 47.2 Å². The molecular formula is C19H26ClN5O. The standard InChI is InChI=1S/C19H26ClN5O/c1-14(26-18-7-5-4-6-17(18)20)10-22-19(21-2)25-9-8-15(13-25)16-11-23-24(3)12-16/h4-7,11-12,14-15H,8-10,13H2,1-3H3,(H,21,22). The van der Waals surface area contributed by atoms with Crippen molar-refractivity contribution < 1.29 is 4.74 Å². The normalized spacial score (nSPS) is 18.8. The summed E-state index contributed by atoms with van der Waals surface area (Å²) in [6, 6.07) is 7.53. The van der Waals surface area contributed by atoms with Gasteiger partial charge in [-0.1, -0.05) is 23.7 Å². The maximum atomic E-state index is 6.15. The lowest BCUT2D eigenvalue weighted by Crippen LogP contribution is -2.43. The Labute approximate surface area is 159 Å². The molecule has 140 valence electrons. The number of benzene rings is 1. The molecule has 7 heteroatoms. The van der Waals surface area contributed by atoms with Crippen LogP contribution in [0.1, 0.15) is 24.8 Å². The van der Waals surface area contributed by atoms with Gasteiger partial charge in [-0.25, -0.2) is 0 Å². The van der Waals surface area contributed by atoms with Crippen LogP contribution >= 0.6 is 11.6 Å². The Hall–Kier alpha value is -2.21. The second-order valence-electron chi connectivity index (χ2n) is 6.67. The smallest absolute Gasteiger partial charge is 0.193 e. The van der Waals surface area contributed by atoms with Crippen molar-refractivity contribution in [1.29, 1.82) is 0 Å². The number of nitrogens with zero attached hydrogens (tertiary/aromatic N) is 4. The summed E-state index contributed by atoms with van der Waals surface area (Å²) < 4.78 is 7.78. The third kappa shape index (κ3) is 4.49. The summed E-state index contributed by atoms with van der Waals surface area (Å²) in [6.07, 6.45) is 5.15. The Morgan fingerprint density at radius 2 is 2.27 bits per heavy atom. The average Bonchev–Trinajstić information content (AvgIpc) is 3.27. The van der Waals surface area contributed by atoms with Gasteiger partial charge in [0.2, 0.25) is 0 Å². The van der Waals surface area contributed by atoms with E-state index in [1.54, 1.807) is 0 Å². The highest BCUT2D eigenvalue weighted by atomic mass is 35.5. The SMILES string of the molecule is CN=C(NCC(C)Oc1ccccc1Cl)N1CCC(c2cnn(C)c2)C1. The first-order valence-electron chi connectivity index (χ1n) is 8.92. The quantitative estimate of drug-likeness (QED) is 0.645. The van der Waals surface area contributed by atoms with E-state index in [0.717, 1.165) is 25.5 Å². The van der Waals surface area contributed by atoms with Crippen LogP contribution < -0.4 is 10.1 Å². The maximum absolute atomic E-state index is 6.15. The Morgan fingerprint density at radius 3 is 2.96 bits per heavy atom.